The van der Waals surface area contributed by atoms with Gasteiger partial charge in [-0.15, -0.1) is 0 Å². The van der Waals surface area contributed by atoms with E-state index in [2.05, 4.69) is 4.85 Å². The number of ketones is 3. The fraction of sp³-hybridized carbons (Fsp3) is 0.185. The number of ether oxygens (including phenoxy) is 1. The molecule has 3 aromatic carbocycles. The number of benzene rings is 3. The van der Waals surface area contributed by atoms with Crippen LogP contribution < -0.4 is 0 Å². The second kappa shape index (κ2) is 9.47. The Hall–Kier alpha value is -3.42. The highest BCUT2D eigenvalue weighted by molar-refractivity contribution is 6.36. The van der Waals surface area contributed by atoms with Crippen molar-refractivity contribution in [2.45, 2.75) is 27.6 Å². The number of hydrogen-bond acceptors (Lipinski definition) is 7. The summed E-state index contributed by atoms with van der Waals surface area (Å²) in [7, 11) is 0. The predicted molar refractivity (Wildman–Crippen MR) is 133 cm³/mol. The number of alkyl halides is 2. The summed E-state index contributed by atoms with van der Waals surface area (Å²) in [6, 6.07) is 21.0. The molecule has 1 heterocycles. The van der Waals surface area contributed by atoms with Crippen LogP contribution >= 0.6 is 23.2 Å². The number of carbonyl (C=O) groups excluding carboxylic acids is 3. The molecule has 2 unspecified atom stereocenters. The molecule has 0 bridgehead atoms. The van der Waals surface area contributed by atoms with Gasteiger partial charge in [-0.2, -0.15) is 0 Å². The SMILES string of the molecule is [C-]#[N+]C1(Cl)O[C@](Cl)(C(O)C(=O)c2ccccc2)[C@](O)(C(=O)c2ccccc2)[C@]1(O)C(=O)c1ccccc1. The fourth-order valence-corrected chi connectivity index (χ4v) is 5.14. The topological polar surface area (TPSA) is 125 Å². The zero-order valence-electron chi connectivity index (χ0n) is 18.9. The van der Waals surface area contributed by atoms with Crippen molar-refractivity contribution in [3.8, 4) is 0 Å². The molecule has 1 aliphatic rings. The minimum atomic E-state index is -3.65. The molecule has 5 atom stereocenters. The largest absolute Gasteiger partial charge is 0.459 e. The molecule has 0 radical (unpaired) electrons. The van der Waals surface area contributed by atoms with Crippen LogP contribution in [0.2, 0.25) is 0 Å². The van der Waals surface area contributed by atoms with E-state index in [-0.39, 0.29) is 16.7 Å². The smallest absolute Gasteiger partial charge is 0.380 e. The molecule has 3 aromatic rings. The molecular formula is C27H19Cl2NO7. The van der Waals surface area contributed by atoms with Crippen molar-refractivity contribution in [1.82, 2.24) is 0 Å². The molecular weight excluding hydrogens is 521 g/mol. The number of rotatable bonds is 7. The van der Waals surface area contributed by atoms with Gasteiger partial charge in [-0.25, -0.2) is 6.57 Å². The van der Waals surface area contributed by atoms with E-state index in [1.54, 1.807) is 18.2 Å². The van der Waals surface area contributed by atoms with Gasteiger partial charge in [0, 0.05) is 28.3 Å². The standard InChI is InChI=1S/C27H19Cl2NO7/c1-30-27(29)25(36,22(33)19-15-9-4-10-16-19)24(35,21(32)18-13-7-3-8-14-18)26(28,37-27)23(34)20(31)17-11-5-2-6-12-17/h2-16,23,34-36H/t23?,24-,25+,26+,27?/m0/s1. The van der Waals surface area contributed by atoms with Crippen molar-refractivity contribution in [2.75, 3.05) is 0 Å². The maximum Gasteiger partial charge on any atom is 0.459 e. The van der Waals surface area contributed by atoms with E-state index in [4.69, 9.17) is 34.5 Å². The number of aliphatic hydroxyl groups excluding tert-OH is 1. The Morgan fingerprint density at radius 2 is 1.11 bits per heavy atom. The Morgan fingerprint density at radius 3 is 1.51 bits per heavy atom. The molecule has 0 saturated carbocycles. The van der Waals surface area contributed by atoms with E-state index in [0.29, 0.717) is 0 Å². The molecule has 0 spiro atoms. The van der Waals surface area contributed by atoms with E-state index >= 15 is 0 Å². The summed E-state index contributed by atoms with van der Waals surface area (Å²) in [6.45, 7) is 7.63. The van der Waals surface area contributed by atoms with Crippen LogP contribution in [0.3, 0.4) is 0 Å². The summed E-state index contributed by atoms with van der Waals surface area (Å²) in [5, 5.41) is 28.7. The van der Waals surface area contributed by atoms with Gasteiger partial charge in [-0.3, -0.25) is 24.0 Å². The number of halogens is 2. The van der Waals surface area contributed by atoms with E-state index in [0.717, 1.165) is 0 Å². The molecule has 4 rings (SSSR count). The number of nitrogens with zero attached hydrogens (tertiary/aromatic N) is 1. The van der Waals surface area contributed by atoms with Gasteiger partial charge in [0.25, 0.3) is 5.60 Å². The fourth-order valence-electron chi connectivity index (χ4n) is 4.32. The van der Waals surface area contributed by atoms with Crippen molar-refractivity contribution >= 4 is 40.6 Å². The third kappa shape index (κ3) is 3.71. The highest BCUT2D eigenvalue weighted by atomic mass is 35.5. The third-order valence-electron chi connectivity index (χ3n) is 6.28. The Bertz CT molecular complexity index is 1400. The van der Waals surface area contributed by atoms with E-state index in [9.17, 15) is 29.7 Å². The highest BCUT2D eigenvalue weighted by Crippen LogP contribution is 2.60. The van der Waals surface area contributed by atoms with Crippen LogP contribution in [0.25, 0.3) is 4.85 Å². The van der Waals surface area contributed by atoms with Gasteiger partial charge in [0.15, 0.2) is 11.9 Å². The predicted octanol–water partition coefficient (Wildman–Crippen LogP) is 3.24. The zero-order chi connectivity index (χ0) is 27.1. The first kappa shape index (κ1) is 26.6. The first-order valence-corrected chi connectivity index (χ1v) is 11.6. The van der Waals surface area contributed by atoms with E-state index in [1.807, 2.05) is 0 Å². The molecule has 10 heteroatoms. The highest BCUT2D eigenvalue weighted by Gasteiger charge is 2.91. The molecule has 0 amide bonds. The lowest BCUT2D eigenvalue weighted by Crippen LogP contribution is -2.73. The zero-order valence-corrected chi connectivity index (χ0v) is 20.4. The molecule has 3 N–H and O–H groups in total. The molecule has 37 heavy (non-hydrogen) atoms. The average molecular weight is 540 g/mol. The molecule has 1 aliphatic heterocycles. The molecule has 188 valence electrons. The monoisotopic (exact) mass is 539 g/mol. The second-order valence-electron chi connectivity index (χ2n) is 8.36. The van der Waals surface area contributed by atoms with Gasteiger partial charge < -0.3 is 15.3 Å². The van der Waals surface area contributed by atoms with Crippen LogP contribution in [0.4, 0.5) is 0 Å². The van der Waals surface area contributed by atoms with Gasteiger partial charge in [0.05, 0.1) is 0 Å². The molecule has 1 fully saturated rings. The number of hydrogen-bond donors (Lipinski definition) is 3. The maximum absolute atomic E-state index is 13.9. The van der Waals surface area contributed by atoms with Crippen LogP contribution in [0.15, 0.2) is 91.0 Å². The Kier molecular flexibility index (Phi) is 6.82. The summed E-state index contributed by atoms with van der Waals surface area (Å²) < 4.78 is 5.37. The first-order valence-electron chi connectivity index (χ1n) is 10.9. The van der Waals surface area contributed by atoms with Crippen LogP contribution in [-0.2, 0) is 4.74 Å². The molecule has 8 nitrogen and oxygen atoms in total. The van der Waals surface area contributed by atoms with Gasteiger partial charge in [0.1, 0.15) is 0 Å². The van der Waals surface area contributed by atoms with Crippen LogP contribution in [0.1, 0.15) is 31.1 Å². The lowest BCUT2D eigenvalue weighted by molar-refractivity contribution is -0.123. The summed E-state index contributed by atoms with van der Waals surface area (Å²) >= 11 is 12.9. The van der Waals surface area contributed by atoms with Gasteiger partial charge >= 0.3 is 5.18 Å². The number of carbonyl (C=O) groups is 3. The van der Waals surface area contributed by atoms with Crippen molar-refractivity contribution in [2.24, 2.45) is 0 Å². The Labute approximate surface area is 221 Å². The van der Waals surface area contributed by atoms with Crippen molar-refractivity contribution in [1.29, 1.82) is 0 Å². The lowest BCUT2D eigenvalue weighted by atomic mass is 9.69. The minimum absolute atomic E-state index is 0.0963. The van der Waals surface area contributed by atoms with Gasteiger partial charge in [-0.05, 0) is 0 Å². The quantitative estimate of drug-likeness (QED) is 0.182. The Balaban J connectivity index is 2.01. The second-order valence-corrected chi connectivity index (χ2v) is 9.44. The van der Waals surface area contributed by atoms with Gasteiger partial charge in [-0.1, -0.05) is 103 Å². The number of Topliss-reactive ketones (excluding diaryl/α,β-unsaturated/α-hetero) is 3. The average Bonchev–Trinajstić information content (AvgIpc) is 3.09. The Morgan fingerprint density at radius 1 is 0.730 bits per heavy atom. The van der Waals surface area contributed by atoms with Crippen LogP contribution in [-0.4, -0.2) is 60.2 Å². The summed E-state index contributed by atoms with van der Waals surface area (Å²) in [5.74, 6) is -3.94. The van der Waals surface area contributed by atoms with Crippen molar-refractivity contribution in [3.05, 3.63) is 119 Å². The summed E-state index contributed by atoms with van der Waals surface area (Å²) in [4.78, 5) is 43.9. The normalized spacial score (nSPS) is 29.7. The van der Waals surface area contributed by atoms with Crippen LogP contribution in [0.5, 0.6) is 0 Å². The molecule has 1 saturated heterocycles. The molecule has 0 aliphatic carbocycles. The lowest BCUT2D eigenvalue weighted by Gasteiger charge is -2.40. The van der Waals surface area contributed by atoms with E-state index < -0.39 is 44.9 Å². The van der Waals surface area contributed by atoms with Crippen LogP contribution in [0, 0.1) is 6.57 Å². The third-order valence-corrected chi connectivity index (χ3v) is 7.27. The maximum atomic E-state index is 13.9. The summed E-state index contributed by atoms with van der Waals surface area (Å²) in [5.41, 5.74) is -7.88. The number of aliphatic hydroxyl groups is 3. The first-order chi connectivity index (χ1) is 17.5. The van der Waals surface area contributed by atoms with Crippen molar-refractivity contribution < 1.29 is 34.4 Å². The minimum Gasteiger partial charge on any atom is -0.380 e. The van der Waals surface area contributed by atoms with Crippen molar-refractivity contribution in [3.63, 3.8) is 0 Å². The summed E-state index contributed by atoms with van der Waals surface area (Å²) in [6.07, 6.45) is -2.58. The van der Waals surface area contributed by atoms with Gasteiger partial charge in [0.2, 0.25) is 22.2 Å². The van der Waals surface area contributed by atoms with E-state index in [1.165, 1.54) is 72.8 Å². The molecule has 0 aromatic heterocycles.